The van der Waals surface area contributed by atoms with E-state index in [-0.39, 0.29) is 20.4 Å². The molecule has 0 heterocycles. The standard InChI is InChI=1S/C36H54N2.Pd/c1-7-13-15-16-22-36(38-34-27-31(19-11-5)24-32(28-34)20-12-6)35(21-14-8-2)37-33-25-29(17-9-3)23-30(26-33)18-10-4;/h16,22-28H,7-15,17-21H2,1-6H3;. The van der Waals surface area contributed by atoms with Crippen molar-refractivity contribution in [2.45, 2.75) is 131 Å². The van der Waals surface area contributed by atoms with Crippen molar-refractivity contribution in [3.05, 3.63) is 70.8 Å². The molecule has 2 rings (SSSR count). The second-order valence-electron chi connectivity index (χ2n) is 10.7. The van der Waals surface area contributed by atoms with Crippen LogP contribution in [0.5, 0.6) is 0 Å². The molecule has 218 valence electrons. The van der Waals surface area contributed by atoms with Crippen molar-refractivity contribution in [2.75, 3.05) is 0 Å². The molecule has 0 spiro atoms. The molecular formula is C36H54N2Pd. The van der Waals surface area contributed by atoms with Crippen LogP contribution in [0.4, 0.5) is 11.4 Å². The van der Waals surface area contributed by atoms with Crippen LogP contribution in [0.15, 0.2) is 58.5 Å². The fourth-order valence-electron chi connectivity index (χ4n) is 4.94. The van der Waals surface area contributed by atoms with Crippen molar-refractivity contribution >= 4 is 22.8 Å². The number of rotatable bonds is 18. The van der Waals surface area contributed by atoms with E-state index in [2.05, 4.69) is 90.1 Å². The molecule has 0 bridgehead atoms. The van der Waals surface area contributed by atoms with Crippen LogP contribution in [0, 0.1) is 0 Å². The van der Waals surface area contributed by atoms with E-state index >= 15 is 0 Å². The zero-order valence-corrected chi connectivity index (χ0v) is 27.3. The van der Waals surface area contributed by atoms with Gasteiger partial charge in [0.15, 0.2) is 0 Å². The van der Waals surface area contributed by atoms with Crippen LogP contribution in [0.3, 0.4) is 0 Å². The number of allylic oxidation sites excluding steroid dienone is 2. The van der Waals surface area contributed by atoms with Gasteiger partial charge in [0.25, 0.3) is 0 Å². The first-order valence-corrected chi connectivity index (χ1v) is 15.6. The predicted octanol–water partition coefficient (Wildman–Crippen LogP) is 11.3. The van der Waals surface area contributed by atoms with E-state index in [1.807, 2.05) is 0 Å². The summed E-state index contributed by atoms with van der Waals surface area (Å²) in [7, 11) is 0. The fraction of sp³-hybridized carbons (Fsp3) is 0.556. The minimum absolute atomic E-state index is 0. The molecule has 0 aliphatic heterocycles. The average molecular weight is 621 g/mol. The van der Waals surface area contributed by atoms with Gasteiger partial charge in [-0.1, -0.05) is 105 Å². The first-order chi connectivity index (χ1) is 18.6. The van der Waals surface area contributed by atoms with Crippen LogP contribution in [0.2, 0.25) is 0 Å². The van der Waals surface area contributed by atoms with Crippen LogP contribution in [0.1, 0.15) is 128 Å². The van der Waals surface area contributed by atoms with Gasteiger partial charge >= 0.3 is 0 Å². The molecule has 0 saturated heterocycles. The minimum atomic E-state index is 0. The Morgan fingerprint density at radius 1 is 0.564 bits per heavy atom. The summed E-state index contributed by atoms with van der Waals surface area (Å²) in [5.41, 5.74) is 9.92. The first-order valence-electron chi connectivity index (χ1n) is 15.6. The van der Waals surface area contributed by atoms with E-state index in [0.29, 0.717) is 0 Å². The number of nitrogens with zero attached hydrogens (tertiary/aromatic N) is 2. The van der Waals surface area contributed by atoms with Gasteiger partial charge in [-0.25, -0.2) is 4.99 Å². The third kappa shape index (κ3) is 13.4. The molecule has 3 heteroatoms. The number of aliphatic imine (C=N–C) groups is 2. The molecule has 0 fully saturated rings. The second-order valence-corrected chi connectivity index (χ2v) is 10.7. The van der Waals surface area contributed by atoms with E-state index in [0.717, 1.165) is 99.8 Å². The van der Waals surface area contributed by atoms with Gasteiger partial charge in [0.05, 0.1) is 22.8 Å². The monoisotopic (exact) mass is 620 g/mol. The SMILES string of the molecule is CCCCC=CC(=Nc1cc(CCC)cc(CCC)c1)C(CCCC)=Nc1cc(CCC)cc(CCC)c1.[Pd]. The number of unbranched alkanes of at least 4 members (excludes halogenated alkanes) is 3. The van der Waals surface area contributed by atoms with E-state index in [4.69, 9.17) is 9.98 Å². The summed E-state index contributed by atoms with van der Waals surface area (Å²) < 4.78 is 0. The van der Waals surface area contributed by atoms with Gasteiger partial charge in [-0.05, 0) is 97.5 Å². The molecule has 0 unspecified atom stereocenters. The number of aryl methyl sites for hydroxylation is 4. The van der Waals surface area contributed by atoms with Crippen LogP contribution >= 0.6 is 0 Å². The molecule has 2 nitrogen and oxygen atoms in total. The van der Waals surface area contributed by atoms with Crippen molar-refractivity contribution in [1.82, 2.24) is 0 Å². The van der Waals surface area contributed by atoms with Gasteiger partial charge in [0, 0.05) is 20.4 Å². The summed E-state index contributed by atoms with van der Waals surface area (Å²) in [6, 6.07) is 13.9. The Hall–Kier alpha value is -1.82. The largest absolute Gasteiger partial charge is 0.251 e. The quantitative estimate of drug-likeness (QED) is 0.0899. The number of hydrogen-bond donors (Lipinski definition) is 0. The predicted molar refractivity (Wildman–Crippen MR) is 171 cm³/mol. The molecule has 39 heavy (non-hydrogen) atoms. The van der Waals surface area contributed by atoms with Gasteiger partial charge in [-0.15, -0.1) is 0 Å². The molecule has 2 aromatic rings. The molecular weight excluding hydrogens is 567 g/mol. The molecule has 0 atom stereocenters. The van der Waals surface area contributed by atoms with Crippen LogP contribution < -0.4 is 0 Å². The summed E-state index contributed by atoms with van der Waals surface area (Å²) in [4.78, 5) is 10.6. The summed E-state index contributed by atoms with van der Waals surface area (Å²) in [6.45, 7) is 13.5. The third-order valence-corrected chi connectivity index (χ3v) is 6.81. The van der Waals surface area contributed by atoms with E-state index in [9.17, 15) is 0 Å². The maximum atomic E-state index is 5.33. The zero-order valence-electron chi connectivity index (χ0n) is 25.7. The van der Waals surface area contributed by atoms with Crippen molar-refractivity contribution < 1.29 is 20.4 Å². The van der Waals surface area contributed by atoms with Crippen molar-refractivity contribution in [1.29, 1.82) is 0 Å². The fourth-order valence-corrected chi connectivity index (χ4v) is 4.94. The number of hydrogen-bond acceptors (Lipinski definition) is 2. The van der Waals surface area contributed by atoms with Crippen molar-refractivity contribution in [3.63, 3.8) is 0 Å². The summed E-state index contributed by atoms with van der Waals surface area (Å²) in [6.07, 6.45) is 20.3. The van der Waals surface area contributed by atoms with Gasteiger partial charge < -0.3 is 0 Å². The minimum Gasteiger partial charge on any atom is -0.251 e. The van der Waals surface area contributed by atoms with Crippen molar-refractivity contribution in [3.8, 4) is 0 Å². The van der Waals surface area contributed by atoms with Crippen LogP contribution in [-0.4, -0.2) is 11.4 Å². The molecule has 0 aromatic heterocycles. The second kappa shape index (κ2) is 21.0. The topological polar surface area (TPSA) is 24.7 Å². The molecule has 0 saturated carbocycles. The maximum Gasteiger partial charge on any atom is 0.0848 e. The zero-order chi connectivity index (χ0) is 27.6. The normalized spacial score (nSPS) is 12.3. The Labute approximate surface area is 254 Å². The van der Waals surface area contributed by atoms with Crippen LogP contribution in [0.25, 0.3) is 0 Å². The van der Waals surface area contributed by atoms with E-state index in [1.54, 1.807) is 0 Å². The molecule has 0 aliphatic carbocycles. The van der Waals surface area contributed by atoms with Gasteiger partial charge in [0.1, 0.15) is 0 Å². The van der Waals surface area contributed by atoms with Gasteiger partial charge in [0.2, 0.25) is 0 Å². The van der Waals surface area contributed by atoms with E-state index in [1.165, 1.54) is 35.1 Å². The van der Waals surface area contributed by atoms with Crippen LogP contribution in [-0.2, 0) is 46.1 Å². The Morgan fingerprint density at radius 3 is 1.41 bits per heavy atom. The summed E-state index contributed by atoms with van der Waals surface area (Å²) in [5, 5.41) is 0. The van der Waals surface area contributed by atoms with E-state index < -0.39 is 0 Å². The molecule has 0 amide bonds. The van der Waals surface area contributed by atoms with Gasteiger partial charge in [-0.2, -0.15) is 0 Å². The summed E-state index contributed by atoms with van der Waals surface area (Å²) >= 11 is 0. The summed E-state index contributed by atoms with van der Waals surface area (Å²) in [5.74, 6) is 0. The smallest absolute Gasteiger partial charge is 0.0848 e. The molecule has 0 aliphatic rings. The third-order valence-electron chi connectivity index (χ3n) is 6.81. The average Bonchev–Trinajstić information content (AvgIpc) is 2.89. The molecule has 0 radical (unpaired) electrons. The molecule has 2 aromatic carbocycles. The Bertz CT molecular complexity index is 1000. The maximum absolute atomic E-state index is 5.33. The first kappa shape index (κ1) is 35.2. The Kier molecular flexibility index (Phi) is 19.0. The Balaban J connectivity index is 0.00000760. The van der Waals surface area contributed by atoms with Crippen molar-refractivity contribution in [2.24, 2.45) is 9.98 Å². The molecule has 0 N–H and O–H groups in total. The number of benzene rings is 2. The van der Waals surface area contributed by atoms with Gasteiger partial charge in [-0.3, -0.25) is 4.99 Å². The Morgan fingerprint density at radius 2 is 1.00 bits per heavy atom.